The highest BCUT2D eigenvalue weighted by atomic mass is 15.2. The Kier molecular flexibility index (Phi) is 4.29. The maximum absolute atomic E-state index is 4.70. The van der Waals surface area contributed by atoms with Gasteiger partial charge in [-0.25, -0.2) is 4.98 Å². The van der Waals surface area contributed by atoms with Gasteiger partial charge in [0.2, 0.25) is 0 Å². The molecule has 2 rings (SSSR count). The highest BCUT2D eigenvalue weighted by molar-refractivity contribution is 5.94. The van der Waals surface area contributed by atoms with Crippen molar-refractivity contribution in [1.29, 1.82) is 0 Å². The number of rotatable bonds is 4. The molecule has 0 amide bonds. The van der Waals surface area contributed by atoms with E-state index in [0.717, 1.165) is 18.9 Å². The van der Waals surface area contributed by atoms with Crippen LogP contribution in [-0.4, -0.2) is 25.6 Å². The molecule has 1 heterocycles. The standard InChI is InChI=1S/C17H25N3/c1-17(2,3)12-20(5)16-15-9-7-6-8-14(15)13(10-18-4)11-19-16/h6-9,11,18H,10,12H2,1-5H3. The van der Waals surface area contributed by atoms with E-state index in [1.807, 2.05) is 13.2 Å². The Balaban J connectivity index is 2.47. The molecule has 0 fully saturated rings. The minimum atomic E-state index is 0.251. The summed E-state index contributed by atoms with van der Waals surface area (Å²) in [6.07, 6.45) is 1.99. The van der Waals surface area contributed by atoms with Gasteiger partial charge in [0.25, 0.3) is 0 Å². The molecule has 0 spiro atoms. The summed E-state index contributed by atoms with van der Waals surface area (Å²) in [5.41, 5.74) is 1.50. The fourth-order valence-electron chi connectivity index (χ4n) is 2.66. The van der Waals surface area contributed by atoms with Gasteiger partial charge >= 0.3 is 0 Å². The fourth-order valence-corrected chi connectivity index (χ4v) is 2.66. The summed E-state index contributed by atoms with van der Waals surface area (Å²) in [5, 5.41) is 5.72. The average Bonchev–Trinajstić information content (AvgIpc) is 2.37. The summed E-state index contributed by atoms with van der Waals surface area (Å²) in [5.74, 6) is 1.07. The zero-order chi connectivity index (χ0) is 14.8. The molecule has 20 heavy (non-hydrogen) atoms. The molecule has 0 atom stereocenters. The summed E-state index contributed by atoms with van der Waals surface area (Å²) in [7, 11) is 4.09. The quantitative estimate of drug-likeness (QED) is 0.923. The van der Waals surface area contributed by atoms with Crippen molar-refractivity contribution in [2.24, 2.45) is 5.41 Å². The van der Waals surface area contributed by atoms with Crippen LogP contribution in [0.2, 0.25) is 0 Å². The van der Waals surface area contributed by atoms with E-state index >= 15 is 0 Å². The first kappa shape index (κ1) is 14.8. The monoisotopic (exact) mass is 271 g/mol. The second-order valence-corrected chi connectivity index (χ2v) is 6.60. The fraction of sp³-hybridized carbons (Fsp3) is 0.471. The van der Waals surface area contributed by atoms with E-state index in [1.165, 1.54) is 16.3 Å². The largest absolute Gasteiger partial charge is 0.359 e. The molecule has 0 aliphatic rings. The van der Waals surface area contributed by atoms with Crippen LogP contribution in [0.4, 0.5) is 5.82 Å². The van der Waals surface area contributed by atoms with E-state index in [-0.39, 0.29) is 5.41 Å². The first-order valence-electron chi connectivity index (χ1n) is 7.15. The van der Waals surface area contributed by atoms with Crippen molar-refractivity contribution in [3.63, 3.8) is 0 Å². The lowest BCUT2D eigenvalue weighted by Crippen LogP contribution is -2.30. The van der Waals surface area contributed by atoms with E-state index in [1.54, 1.807) is 0 Å². The molecule has 0 radical (unpaired) electrons. The minimum absolute atomic E-state index is 0.251. The number of nitrogens with one attached hydrogen (secondary N) is 1. The van der Waals surface area contributed by atoms with Crippen LogP contribution in [-0.2, 0) is 6.54 Å². The van der Waals surface area contributed by atoms with Crippen molar-refractivity contribution in [2.75, 3.05) is 25.5 Å². The van der Waals surface area contributed by atoms with Crippen LogP contribution < -0.4 is 10.2 Å². The maximum Gasteiger partial charge on any atom is 0.136 e. The van der Waals surface area contributed by atoms with Crippen LogP contribution in [0.5, 0.6) is 0 Å². The lowest BCUT2D eigenvalue weighted by atomic mass is 9.96. The highest BCUT2D eigenvalue weighted by Crippen LogP contribution is 2.28. The van der Waals surface area contributed by atoms with E-state index in [9.17, 15) is 0 Å². The molecule has 3 heteroatoms. The Morgan fingerprint density at radius 2 is 1.80 bits per heavy atom. The SMILES string of the molecule is CNCc1cnc(N(C)CC(C)(C)C)c2ccccc12. The molecule has 1 aromatic heterocycles. The number of pyridine rings is 1. The zero-order valence-electron chi connectivity index (χ0n) is 13.2. The third kappa shape index (κ3) is 3.28. The van der Waals surface area contributed by atoms with Gasteiger partial charge in [0, 0.05) is 31.7 Å². The van der Waals surface area contributed by atoms with Gasteiger partial charge in [0.05, 0.1) is 0 Å². The molecule has 1 N–H and O–H groups in total. The van der Waals surface area contributed by atoms with Crippen LogP contribution >= 0.6 is 0 Å². The molecule has 0 saturated carbocycles. The molecule has 0 bridgehead atoms. The number of hydrogen-bond donors (Lipinski definition) is 1. The molecular formula is C17H25N3. The first-order valence-corrected chi connectivity index (χ1v) is 7.15. The Morgan fingerprint density at radius 1 is 1.15 bits per heavy atom. The third-order valence-corrected chi connectivity index (χ3v) is 3.30. The number of aromatic nitrogens is 1. The Hall–Kier alpha value is -1.61. The van der Waals surface area contributed by atoms with Crippen molar-refractivity contribution in [3.05, 3.63) is 36.0 Å². The number of hydrogen-bond acceptors (Lipinski definition) is 3. The summed E-state index contributed by atoms with van der Waals surface area (Å²) < 4.78 is 0. The van der Waals surface area contributed by atoms with Gasteiger partial charge in [-0.3, -0.25) is 0 Å². The summed E-state index contributed by atoms with van der Waals surface area (Å²) in [6.45, 7) is 8.58. The molecule has 108 valence electrons. The molecule has 0 saturated heterocycles. The molecule has 2 aromatic rings. The zero-order valence-corrected chi connectivity index (χ0v) is 13.2. The van der Waals surface area contributed by atoms with Gasteiger partial charge in [0.15, 0.2) is 0 Å². The van der Waals surface area contributed by atoms with Crippen molar-refractivity contribution in [1.82, 2.24) is 10.3 Å². The van der Waals surface area contributed by atoms with Gasteiger partial charge in [-0.15, -0.1) is 0 Å². The summed E-state index contributed by atoms with van der Waals surface area (Å²) in [4.78, 5) is 6.95. The van der Waals surface area contributed by atoms with E-state index in [2.05, 4.69) is 62.3 Å². The molecule has 0 aliphatic carbocycles. The van der Waals surface area contributed by atoms with E-state index < -0.39 is 0 Å². The normalized spacial score (nSPS) is 11.8. The Morgan fingerprint density at radius 3 is 2.40 bits per heavy atom. The molecule has 3 nitrogen and oxygen atoms in total. The highest BCUT2D eigenvalue weighted by Gasteiger charge is 2.17. The van der Waals surface area contributed by atoms with Gasteiger partial charge in [-0.05, 0) is 23.4 Å². The predicted octanol–water partition coefficient (Wildman–Crippen LogP) is 3.44. The molecular weight excluding hydrogens is 246 g/mol. The molecule has 1 aromatic carbocycles. The number of nitrogens with zero attached hydrogens (tertiary/aromatic N) is 2. The molecule has 0 unspecified atom stereocenters. The lowest BCUT2D eigenvalue weighted by molar-refractivity contribution is 0.418. The first-order chi connectivity index (χ1) is 9.42. The second kappa shape index (κ2) is 5.80. The average molecular weight is 271 g/mol. The van der Waals surface area contributed by atoms with Crippen LogP contribution in [0, 0.1) is 5.41 Å². The minimum Gasteiger partial charge on any atom is -0.359 e. The third-order valence-electron chi connectivity index (χ3n) is 3.30. The summed E-state index contributed by atoms with van der Waals surface area (Å²) >= 11 is 0. The van der Waals surface area contributed by atoms with E-state index in [0.29, 0.717) is 0 Å². The summed E-state index contributed by atoms with van der Waals surface area (Å²) in [6, 6.07) is 8.52. The van der Waals surface area contributed by atoms with E-state index in [4.69, 9.17) is 4.98 Å². The second-order valence-electron chi connectivity index (χ2n) is 6.60. The number of fused-ring (bicyclic) bond motifs is 1. The van der Waals surface area contributed by atoms with Crippen molar-refractivity contribution >= 4 is 16.6 Å². The van der Waals surface area contributed by atoms with Gasteiger partial charge < -0.3 is 10.2 Å². The van der Waals surface area contributed by atoms with Crippen LogP contribution in [0.15, 0.2) is 30.5 Å². The van der Waals surface area contributed by atoms with Crippen LogP contribution in [0.25, 0.3) is 10.8 Å². The Labute approximate surface area is 122 Å². The Bertz CT molecular complexity index is 584. The van der Waals surface area contributed by atoms with Crippen molar-refractivity contribution in [3.8, 4) is 0 Å². The number of benzene rings is 1. The predicted molar refractivity (Wildman–Crippen MR) is 87.2 cm³/mol. The van der Waals surface area contributed by atoms with Gasteiger partial charge in [-0.2, -0.15) is 0 Å². The molecule has 0 aliphatic heterocycles. The topological polar surface area (TPSA) is 28.2 Å². The van der Waals surface area contributed by atoms with Crippen molar-refractivity contribution in [2.45, 2.75) is 27.3 Å². The van der Waals surface area contributed by atoms with Gasteiger partial charge in [-0.1, -0.05) is 45.0 Å². The smallest absolute Gasteiger partial charge is 0.136 e. The van der Waals surface area contributed by atoms with Crippen molar-refractivity contribution < 1.29 is 0 Å². The number of anilines is 1. The van der Waals surface area contributed by atoms with Gasteiger partial charge in [0.1, 0.15) is 5.82 Å². The van der Waals surface area contributed by atoms with Crippen LogP contribution in [0.3, 0.4) is 0 Å². The van der Waals surface area contributed by atoms with Crippen LogP contribution in [0.1, 0.15) is 26.3 Å². The maximum atomic E-state index is 4.70. The lowest BCUT2D eigenvalue weighted by Gasteiger charge is -2.28.